The molecule has 94 heavy (non-hydrogen) atoms. The fourth-order valence-corrected chi connectivity index (χ4v) is 10.7. The van der Waals surface area contributed by atoms with Crippen molar-refractivity contribution < 1.29 is 171 Å². The van der Waals surface area contributed by atoms with Crippen molar-refractivity contribution in [3.63, 3.8) is 0 Å². The fraction of sp³-hybridized carbons (Fsp3) is 0.593. The first-order valence-corrected chi connectivity index (χ1v) is 29.1. The van der Waals surface area contributed by atoms with E-state index in [9.17, 15) is 100 Å². The number of esters is 6. The standard InChI is InChI=1S/C59H76O35/c1-80-51(77)33-22-86-54(92-57-48(74)45(71)42(68)36(19-61)89-57)27(8-12-60)30(33)16-40(66)84-14-10-29-32(35(53(79)82-3)24-88-56(29)94-59-50(76)47(73)44(70)38(21-63)91-59)18-41(67)85-15-11-28-31(17-39(65)83-13-9-25-4-6-26(64)7-5-25)34(52(78)81-2)23-87-55(28)93-58-49(75)46(72)43(69)37(20-62)90-58/h4-8,10-11,22-24,30-32,36-38,42-50,54-64,68-76H,9,12-21H2,1-3H3/b27-8-,28-11-,29-10-/t30-,31-,32-,36+,37+,38+,42+,43+,44+,45-,46-,47-,48+,49+,50+,54-,55-,56-,57-,58-,59-/m0/s1. The number of rotatable bonds is 26. The van der Waals surface area contributed by atoms with E-state index in [0.717, 1.165) is 58.3 Å². The summed E-state index contributed by atoms with van der Waals surface area (Å²) in [7, 11) is 2.98. The van der Waals surface area contributed by atoms with E-state index in [-0.39, 0.29) is 46.6 Å². The molecule has 1 aromatic carbocycles. The molecule has 0 aromatic heterocycles. The summed E-state index contributed by atoms with van der Waals surface area (Å²) in [5, 5.41) is 145. The predicted octanol–water partition coefficient (Wildman–Crippen LogP) is -5.96. The van der Waals surface area contributed by atoms with Gasteiger partial charge in [0.15, 0.2) is 18.9 Å². The van der Waals surface area contributed by atoms with Gasteiger partial charge in [-0.25, -0.2) is 14.4 Å². The number of aliphatic hydroxyl groups excluding tert-OH is 13. The Morgan fingerprint density at radius 3 is 1.06 bits per heavy atom. The van der Waals surface area contributed by atoms with Crippen LogP contribution in [0.1, 0.15) is 24.8 Å². The van der Waals surface area contributed by atoms with Gasteiger partial charge in [-0.1, -0.05) is 18.2 Å². The monoisotopic (exact) mass is 1340 g/mol. The molecule has 6 aliphatic rings. The Labute approximate surface area is 533 Å². The zero-order valence-electron chi connectivity index (χ0n) is 50.5. The maximum atomic E-state index is 14.3. The largest absolute Gasteiger partial charge is 0.508 e. The highest BCUT2D eigenvalue weighted by Crippen LogP contribution is 2.40. The average molecular weight is 1350 g/mol. The molecule has 35 heteroatoms. The average Bonchev–Trinajstić information content (AvgIpc) is 0.807. The number of hydrogen-bond acceptors (Lipinski definition) is 35. The van der Waals surface area contributed by atoms with Crippen LogP contribution >= 0.6 is 0 Å². The van der Waals surface area contributed by atoms with Crippen LogP contribution < -0.4 is 0 Å². The normalized spacial score (nSPS) is 34.7. The molecule has 14 N–H and O–H groups in total. The molecule has 0 bridgehead atoms. The summed E-state index contributed by atoms with van der Waals surface area (Å²) in [4.78, 5) is 82.0. The SMILES string of the molecule is COC(=O)C1=CO[C@@H](O[C@@H]2O[C@H](CO)[C@@H](O)[C@H](O)[C@H]2O)/C(=C\CO)[C@@H]1CC(=O)OC/C=C1\[C@H](O[C@@H]2O[C@H](CO)[C@@H](O)[C@H](O)[C@H]2O)OC=C(C(=O)OC)[C@H]1CC(=O)OC/C=C1\[C@H](O[C@@H]2O[C@H](CO)[C@@H](O)[C@H](O)[C@H]2O)OC=C(C(=O)OC)[C@H]1CC(=O)OCCc1ccc(O)cc1. The number of phenolic OH excluding ortho intramolecular Hbond substituents is 1. The summed E-state index contributed by atoms with van der Waals surface area (Å²) in [6, 6.07) is 6.02. The van der Waals surface area contributed by atoms with Gasteiger partial charge in [-0.15, -0.1) is 0 Å². The van der Waals surface area contributed by atoms with Crippen molar-refractivity contribution in [1.29, 1.82) is 0 Å². The zero-order valence-corrected chi connectivity index (χ0v) is 50.5. The van der Waals surface area contributed by atoms with Gasteiger partial charge in [-0.3, -0.25) is 14.4 Å². The van der Waals surface area contributed by atoms with E-state index in [0.29, 0.717) is 5.56 Å². The second-order valence-electron chi connectivity index (χ2n) is 21.7. The van der Waals surface area contributed by atoms with E-state index in [4.69, 9.17) is 71.1 Å². The molecule has 0 aliphatic carbocycles. The Morgan fingerprint density at radius 1 is 0.436 bits per heavy atom. The summed E-state index contributed by atoms with van der Waals surface area (Å²) in [5.74, 6) is -10.9. The van der Waals surface area contributed by atoms with E-state index >= 15 is 0 Å². The van der Waals surface area contributed by atoms with E-state index in [1.54, 1.807) is 12.1 Å². The second-order valence-corrected chi connectivity index (χ2v) is 21.7. The van der Waals surface area contributed by atoms with Gasteiger partial charge < -0.3 is 143 Å². The van der Waals surface area contributed by atoms with Gasteiger partial charge in [0.25, 0.3) is 0 Å². The first-order chi connectivity index (χ1) is 44.9. The van der Waals surface area contributed by atoms with Crippen molar-refractivity contribution in [2.75, 3.05) is 67.6 Å². The lowest BCUT2D eigenvalue weighted by molar-refractivity contribution is -0.328. The minimum Gasteiger partial charge on any atom is -0.508 e. The van der Waals surface area contributed by atoms with Crippen LogP contribution in [-0.2, 0) is 106 Å². The molecule has 522 valence electrons. The van der Waals surface area contributed by atoms with Gasteiger partial charge >= 0.3 is 35.8 Å². The highest BCUT2D eigenvalue weighted by molar-refractivity contribution is 5.92. The number of aromatic hydroxyl groups is 1. The molecule has 0 amide bonds. The van der Waals surface area contributed by atoms with Crippen LogP contribution in [0, 0.1) is 17.8 Å². The van der Waals surface area contributed by atoms with Crippen LogP contribution in [0.25, 0.3) is 0 Å². The fourth-order valence-electron chi connectivity index (χ4n) is 10.7. The van der Waals surface area contributed by atoms with Crippen LogP contribution in [0.2, 0.25) is 0 Å². The quantitative estimate of drug-likeness (QED) is 0.0233. The van der Waals surface area contributed by atoms with Crippen LogP contribution in [0.15, 0.2) is 94.7 Å². The molecular weight excluding hydrogens is 1270 g/mol. The van der Waals surface area contributed by atoms with Crippen LogP contribution in [0.4, 0.5) is 0 Å². The first-order valence-electron chi connectivity index (χ1n) is 29.1. The minimum atomic E-state index is -2.07. The Kier molecular flexibility index (Phi) is 27.3. The van der Waals surface area contributed by atoms with Crippen molar-refractivity contribution in [3.8, 4) is 5.75 Å². The Morgan fingerprint density at radius 2 is 0.755 bits per heavy atom. The van der Waals surface area contributed by atoms with E-state index in [2.05, 4.69) is 0 Å². The number of benzene rings is 1. The number of hydrogen-bond donors (Lipinski definition) is 14. The molecule has 3 saturated heterocycles. The minimum absolute atomic E-state index is 0.00925. The lowest BCUT2D eigenvalue weighted by Gasteiger charge is -2.42. The van der Waals surface area contributed by atoms with Gasteiger partial charge in [-0.05, 0) is 29.8 Å². The predicted molar refractivity (Wildman–Crippen MR) is 300 cm³/mol. The molecular formula is C59H76O35. The molecule has 1 aromatic rings. The van der Waals surface area contributed by atoms with Gasteiger partial charge in [-0.2, -0.15) is 0 Å². The van der Waals surface area contributed by atoms with Crippen LogP contribution in [0.3, 0.4) is 0 Å². The van der Waals surface area contributed by atoms with Crippen molar-refractivity contribution in [3.05, 3.63) is 100 Å². The molecule has 3 fully saturated rings. The van der Waals surface area contributed by atoms with Crippen molar-refractivity contribution in [2.24, 2.45) is 17.8 Å². The highest BCUT2D eigenvalue weighted by Gasteiger charge is 2.51. The smallest absolute Gasteiger partial charge is 0.337 e. The molecule has 0 spiro atoms. The summed E-state index contributed by atoms with van der Waals surface area (Å²) >= 11 is 0. The van der Waals surface area contributed by atoms with E-state index in [1.165, 1.54) is 12.1 Å². The summed E-state index contributed by atoms with van der Waals surface area (Å²) in [6.07, 6.45) is -29.4. The molecule has 6 heterocycles. The molecule has 6 aliphatic heterocycles. The van der Waals surface area contributed by atoms with Gasteiger partial charge in [0.1, 0.15) is 92.2 Å². The number of carbonyl (C=O) groups excluding carboxylic acids is 6. The first kappa shape index (κ1) is 74.3. The molecule has 0 radical (unpaired) electrons. The molecule has 7 rings (SSSR count). The van der Waals surface area contributed by atoms with Crippen molar-refractivity contribution >= 4 is 35.8 Å². The van der Waals surface area contributed by atoms with E-state index in [1.807, 2.05) is 0 Å². The zero-order chi connectivity index (χ0) is 68.7. The number of aliphatic hydroxyl groups is 13. The summed E-state index contributed by atoms with van der Waals surface area (Å²) in [5.41, 5.74) is -1.10. The third kappa shape index (κ3) is 17.9. The van der Waals surface area contributed by atoms with E-state index < -0.39 is 229 Å². The number of methoxy groups -OCH3 is 3. The number of ether oxygens (including phenoxy) is 15. The molecule has 0 unspecified atom stereocenters. The summed E-state index contributed by atoms with van der Waals surface area (Å²) < 4.78 is 82.9. The Balaban J connectivity index is 1.18. The number of carbonyl (C=O) groups is 6. The topological polar surface area (TPSA) is 524 Å². The number of phenols is 1. The molecule has 21 atom stereocenters. The molecule has 0 saturated carbocycles. The van der Waals surface area contributed by atoms with Gasteiger partial charge in [0.2, 0.25) is 18.9 Å². The van der Waals surface area contributed by atoms with Gasteiger partial charge in [0.05, 0.1) is 109 Å². The third-order valence-electron chi connectivity index (χ3n) is 15.8. The lowest BCUT2D eigenvalue weighted by atomic mass is 9.85. The Bertz CT molecular complexity index is 2950. The highest BCUT2D eigenvalue weighted by atomic mass is 16.8. The lowest BCUT2D eigenvalue weighted by Crippen LogP contribution is -2.60. The Hall–Kier alpha value is -7.08. The summed E-state index contributed by atoms with van der Waals surface area (Å²) in [6.45, 7) is -5.26. The maximum absolute atomic E-state index is 14.3. The van der Waals surface area contributed by atoms with Crippen LogP contribution in [-0.4, -0.2) is 286 Å². The third-order valence-corrected chi connectivity index (χ3v) is 15.8. The van der Waals surface area contributed by atoms with Crippen molar-refractivity contribution in [1.82, 2.24) is 0 Å². The van der Waals surface area contributed by atoms with Crippen LogP contribution in [0.5, 0.6) is 5.75 Å². The maximum Gasteiger partial charge on any atom is 0.337 e. The van der Waals surface area contributed by atoms with Crippen molar-refractivity contribution in [2.45, 2.75) is 137 Å². The second kappa shape index (κ2) is 34.5. The molecule has 35 nitrogen and oxygen atoms in total. The van der Waals surface area contributed by atoms with Gasteiger partial charge in [0, 0.05) is 40.9 Å².